The van der Waals surface area contributed by atoms with Crippen molar-refractivity contribution in [1.29, 1.82) is 0 Å². The van der Waals surface area contributed by atoms with Crippen LogP contribution in [0, 0.1) is 17.6 Å². The maximum atomic E-state index is 13.5. The molecule has 2 unspecified atom stereocenters. The molecular formula is C16H24F2O. The lowest BCUT2D eigenvalue weighted by molar-refractivity contribution is 0.136. The third kappa shape index (κ3) is 5.27. The highest BCUT2D eigenvalue weighted by atomic mass is 19.2. The molecule has 0 radical (unpaired) electrons. The predicted molar refractivity (Wildman–Crippen MR) is 74.0 cm³/mol. The molecule has 1 N–H and O–H groups in total. The van der Waals surface area contributed by atoms with Crippen LogP contribution >= 0.6 is 0 Å². The van der Waals surface area contributed by atoms with Crippen LogP contribution in [0.3, 0.4) is 0 Å². The fourth-order valence-electron chi connectivity index (χ4n) is 2.41. The number of halogens is 2. The van der Waals surface area contributed by atoms with Crippen molar-refractivity contribution in [3.63, 3.8) is 0 Å². The molecule has 0 heterocycles. The Morgan fingerprint density at radius 3 is 2.58 bits per heavy atom. The second kappa shape index (κ2) is 8.26. The van der Waals surface area contributed by atoms with Gasteiger partial charge >= 0.3 is 0 Å². The number of hydrogen-bond donors (Lipinski definition) is 1. The number of benzene rings is 1. The first-order valence-electron chi connectivity index (χ1n) is 7.19. The van der Waals surface area contributed by atoms with E-state index in [-0.39, 0.29) is 12.0 Å². The van der Waals surface area contributed by atoms with Gasteiger partial charge in [0, 0.05) is 6.42 Å². The van der Waals surface area contributed by atoms with Gasteiger partial charge in [0.2, 0.25) is 0 Å². The zero-order chi connectivity index (χ0) is 14.3. The molecule has 0 aromatic heterocycles. The Balaban J connectivity index is 2.54. The highest BCUT2D eigenvalue weighted by molar-refractivity contribution is 5.19. The Hall–Kier alpha value is -0.960. The maximum Gasteiger partial charge on any atom is 0.162 e. The summed E-state index contributed by atoms with van der Waals surface area (Å²) >= 11 is 0. The number of unbranched alkanes of at least 4 members (excludes halogenated alkanes) is 1. The van der Waals surface area contributed by atoms with E-state index in [2.05, 4.69) is 13.8 Å². The van der Waals surface area contributed by atoms with Gasteiger partial charge in [-0.05, 0) is 24.0 Å². The van der Waals surface area contributed by atoms with E-state index >= 15 is 0 Å². The third-order valence-electron chi connectivity index (χ3n) is 3.64. The fourth-order valence-corrected chi connectivity index (χ4v) is 2.41. The first-order valence-corrected chi connectivity index (χ1v) is 7.19. The van der Waals surface area contributed by atoms with Crippen LogP contribution in [-0.4, -0.2) is 11.2 Å². The van der Waals surface area contributed by atoms with Gasteiger partial charge in [0.05, 0.1) is 6.10 Å². The molecule has 0 aliphatic carbocycles. The molecule has 2 atom stereocenters. The van der Waals surface area contributed by atoms with E-state index in [1.807, 2.05) is 0 Å². The topological polar surface area (TPSA) is 20.2 Å². The number of hydrogen-bond acceptors (Lipinski definition) is 1. The smallest absolute Gasteiger partial charge is 0.162 e. The summed E-state index contributed by atoms with van der Waals surface area (Å²) in [5.41, 5.74) is 0.262. The van der Waals surface area contributed by atoms with Crippen molar-refractivity contribution in [3.05, 3.63) is 35.4 Å². The summed E-state index contributed by atoms with van der Waals surface area (Å²) in [7, 11) is 0. The van der Waals surface area contributed by atoms with Crippen LogP contribution in [0.4, 0.5) is 8.78 Å². The van der Waals surface area contributed by atoms with Gasteiger partial charge in [0.1, 0.15) is 0 Å². The summed E-state index contributed by atoms with van der Waals surface area (Å²) in [6.07, 6.45) is 4.65. The first-order chi connectivity index (χ1) is 9.08. The SMILES string of the molecule is CCCCC(CC)CC(O)Cc1cccc(F)c1F. The van der Waals surface area contributed by atoms with Crippen LogP contribution < -0.4 is 0 Å². The van der Waals surface area contributed by atoms with Crippen molar-refractivity contribution < 1.29 is 13.9 Å². The second-order valence-corrected chi connectivity index (χ2v) is 5.22. The monoisotopic (exact) mass is 270 g/mol. The normalized spacial score (nSPS) is 14.4. The van der Waals surface area contributed by atoms with Gasteiger partial charge in [0.15, 0.2) is 11.6 Å². The minimum atomic E-state index is -0.845. The zero-order valence-electron chi connectivity index (χ0n) is 11.8. The van der Waals surface area contributed by atoms with Gasteiger partial charge in [-0.2, -0.15) is 0 Å². The van der Waals surface area contributed by atoms with E-state index in [9.17, 15) is 13.9 Å². The zero-order valence-corrected chi connectivity index (χ0v) is 11.8. The molecule has 1 aromatic rings. The summed E-state index contributed by atoms with van der Waals surface area (Å²) in [4.78, 5) is 0. The molecule has 1 rings (SSSR count). The van der Waals surface area contributed by atoms with E-state index < -0.39 is 17.7 Å². The summed E-state index contributed by atoms with van der Waals surface area (Å²) < 4.78 is 26.6. The van der Waals surface area contributed by atoms with Crippen molar-refractivity contribution in [2.24, 2.45) is 5.92 Å². The molecule has 0 bridgehead atoms. The average Bonchev–Trinajstić information content (AvgIpc) is 2.40. The molecule has 0 saturated carbocycles. The summed E-state index contributed by atoms with van der Waals surface area (Å²) in [5, 5.41) is 10.0. The highest BCUT2D eigenvalue weighted by Crippen LogP contribution is 2.21. The minimum Gasteiger partial charge on any atom is -0.393 e. The van der Waals surface area contributed by atoms with Crippen molar-refractivity contribution in [1.82, 2.24) is 0 Å². The lowest BCUT2D eigenvalue weighted by Gasteiger charge is -2.19. The molecular weight excluding hydrogens is 246 g/mol. The number of aliphatic hydroxyl groups excluding tert-OH is 1. The van der Waals surface area contributed by atoms with E-state index in [0.717, 1.165) is 31.7 Å². The molecule has 0 amide bonds. The first kappa shape index (κ1) is 16.1. The Bertz CT molecular complexity index is 379. The van der Waals surface area contributed by atoms with E-state index in [1.54, 1.807) is 0 Å². The van der Waals surface area contributed by atoms with Crippen molar-refractivity contribution >= 4 is 0 Å². The average molecular weight is 270 g/mol. The lowest BCUT2D eigenvalue weighted by atomic mass is 9.91. The third-order valence-corrected chi connectivity index (χ3v) is 3.64. The summed E-state index contributed by atoms with van der Waals surface area (Å²) in [6.45, 7) is 4.25. The Morgan fingerprint density at radius 1 is 1.21 bits per heavy atom. The Kier molecular flexibility index (Phi) is 7.00. The molecule has 0 spiro atoms. The Labute approximate surface area is 114 Å². The summed E-state index contributed by atoms with van der Waals surface area (Å²) in [5.74, 6) is -1.21. The van der Waals surface area contributed by atoms with Crippen LogP contribution in [0.25, 0.3) is 0 Å². The van der Waals surface area contributed by atoms with Crippen LogP contribution in [0.1, 0.15) is 51.5 Å². The molecule has 0 aliphatic heterocycles. The van der Waals surface area contributed by atoms with Crippen LogP contribution in [0.15, 0.2) is 18.2 Å². The Morgan fingerprint density at radius 2 is 1.95 bits per heavy atom. The van der Waals surface area contributed by atoms with Crippen molar-refractivity contribution in [2.45, 2.75) is 58.5 Å². The van der Waals surface area contributed by atoms with Crippen LogP contribution in [-0.2, 0) is 6.42 Å². The molecule has 0 aliphatic rings. The predicted octanol–water partition coefficient (Wildman–Crippen LogP) is 4.47. The van der Waals surface area contributed by atoms with Crippen molar-refractivity contribution in [2.75, 3.05) is 0 Å². The second-order valence-electron chi connectivity index (χ2n) is 5.22. The molecule has 0 saturated heterocycles. The van der Waals surface area contributed by atoms with Gasteiger partial charge in [-0.15, -0.1) is 0 Å². The molecule has 1 aromatic carbocycles. The molecule has 19 heavy (non-hydrogen) atoms. The van der Waals surface area contributed by atoms with Gasteiger partial charge < -0.3 is 5.11 Å². The minimum absolute atomic E-state index is 0.187. The standard InChI is InChI=1S/C16H24F2O/c1-3-5-7-12(4-2)10-14(19)11-13-8-6-9-15(17)16(13)18/h6,8-9,12,14,19H,3-5,7,10-11H2,1-2H3. The van der Waals surface area contributed by atoms with Crippen molar-refractivity contribution in [3.8, 4) is 0 Å². The van der Waals surface area contributed by atoms with Gasteiger partial charge in [0.25, 0.3) is 0 Å². The lowest BCUT2D eigenvalue weighted by Crippen LogP contribution is -2.17. The number of aliphatic hydroxyl groups is 1. The molecule has 108 valence electrons. The van der Waals surface area contributed by atoms with Gasteiger partial charge in [-0.25, -0.2) is 8.78 Å². The molecule has 1 nitrogen and oxygen atoms in total. The van der Waals surface area contributed by atoms with Crippen LogP contribution in [0.5, 0.6) is 0 Å². The van der Waals surface area contributed by atoms with E-state index in [4.69, 9.17) is 0 Å². The molecule has 0 fully saturated rings. The van der Waals surface area contributed by atoms with Gasteiger partial charge in [-0.1, -0.05) is 51.7 Å². The highest BCUT2D eigenvalue weighted by Gasteiger charge is 2.16. The fraction of sp³-hybridized carbons (Fsp3) is 0.625. The van der Waals surface area contributed by atoms with Gasteiger partial charge in [-0.3, -0.25) is 0 Å². The number of rotatable bonds is 8. The molecule has 3 heteroatoms. The van der Waals surface area contributed by atoms with E-state index in [0.29, 0.717) is 12.3 Å². The van der Waals surface area contributed by atoms with E-state index in [1.165, 1.54) is 12.1 Å². The largest absolute Gasteiger partial charge is 0.393 e. The maximum absolute atomic E-state index is 13.5. The summed E-state index contributed by atoms with van der Waals surface area (Å²) in [6, 6.07) is 4.12. The van der Waals surface area contributed by atoms with Crippen LogP contribution in [0.2, 0.25) is 0 Å². The quantitative estimate of drug-likeness (QED) is 0.738.